The molecule has 1 heterocycles. The van der Waals surface area contributed by atoms with Gasteiger partial charge in [0.25, 0.3) is 5.91 Å². The lowest BCUT2D eigenvalue weighted by Gasteiger charge is -2.24. The Morgan fingerprint density at radius 3 is 2.59 bits per heavy atom. The molecule has 29 heavy (non-hydrogen) atoms. The quantitative estimate of drug-likeness (QED) is 0.664. The second-order valence-corrected chi connectivity index (χ2v) is 9.54. The lowest BCUT2D eigenvalue weighted by molar-refractivity contribution is -0.125. The summed E-state index contributed by atoms with van der Waals surface area (Å²) in [4.78, 5) is 27.2. The van der Waals surface area contributed by atoms with E-state index in [2.05, 4.69) is 26.0 Å². The molecule has 7 nitrogen and oxygen atoms in total. The summed E-state index contributed by atoms with van der Waals surface area (Å²) in [6.45, 7) is 0.714. The molecule has 0 aliphatic carbocycles. The van der Waals surface area contributed by atoms with Crippen LogP contribution in [0.2, 0.25) is 0 Å². The Morgan fingerprint density at radius 2 is 1.90 bits per heavy atom. The van der Waals surface area contributed by atoms with E-state index in [1.807, 2.05) is 0 Å². The Kier molecular flexibility index (Phi) is 6.71. The minimum Gasteiger partial charge on any atom is -0.350 e. The van der Waals surface area contributed by atoms with Gasteiger partial charge in [-0.15, -0.1) is 0 Å². The first-order valence-corrected chi connectivity index (χ1v) is 11.5. The van der Waals surface area contributed by atoms with Crippen LogP contribution >= 0.6 is 15.9 Å². The van der Waals surface area contributed by atoms with Crippen LogP contribution in [0.4, 0.5) is 0 Å². The number of sulfonamides is 1. The molecule has 0 aromatic heterocycles. The van der Waals surface area contributed by atoms with Gasteiger partial charge >= 0.3 is 0 Å². The molecule has 0 spiro atoms. The van der Waals surface area contributed by atoms with Gasteiger partial charge in [0, 0.05) is 23.1 Å². The van der Waals surface area contributed by atoms with Crippen molar-refractivity contribution < 1.29 is 18.0 Å². The first-order valence-electron chi connectivity index (χ1n) is 9.18. The van der Waals surface area contributed by atoms with Crippen LogP contribution in [-0.4, -0.2) is 44.8 Å². The van der Waals surface area contributed by atoms with Crippen molar-refractivity contribution in [1.29, 1.82) is 0 Å². The number of halogens is 1. The van der Waals surface area contributed by atoms with Crippen LogP contribution in [-0.2, 0) is 21.4 Å². The Bertz CT molecular complexity index is 1010. The highest BCUT2D eigenvalue weighted by Crippen LogP contribution is 2.21. The van der Waals surface area contributed by atoms with Crippen LogP contribution in [0.3, 0.4) is 0 Å². The molecule has 2 aromatic rings. The Hall–Kier alpha value is -2.23. The zero-order valence-corrected chi connectivity index (χ0v) is 18.3. The van der Waals surface area contributed by atoms with Crippen molar-refractivity contribution in [3.63, 3.8) is 0 Å². The summed E-state index contributed by atoms with van der Waals surface area (Å²) in [5.41, 5.74) is 1.20. The van der Waals surface area contributed by atoms with Gasteiger partial charge in [-0.25, -0.2) is 13.1 Å². The van der Waals surface area contributed by atoms with Gasteiger partial charge in [-0.3, -0.25) is 9.59 Å². The molecule has 3 rings (SSSR count). The lowest BCUT2D eigenvalue weighted by Crippen LogP contribution is -2.45. The van der Waals surface area contributed by atoms with Crippen LogP contribution in [0.15, 0.2) is 57.9 Å². The van der Waals surface area contributed by atoms with E-state index in [1.54, 1.807) is 41.3 Å². The molecule has 154 valence electrons. The van der Waals surface area contributed by atoms with Gasteiger partial charge in [-0.05, 0) is 61.9 Å². The maximum absolute atomic E-state index is 12.8. The van der Waals surface area contributed by atoms with Crippen molar-refractivity contribution >= 4 is 37.8 Å². The number of benzene rings is 2. The van der Waals surface area contributed by atoms with Gasteiger partial charge in [-0.1, -0.05) is 28.1 Å². The van der Waals surface area contributed by atoms with Crippen molar-refractivity contribution in [2.75, 3.05) is 13.6 Å². The number of carbonyl (C=O) groups is 2. The average molecular weight is 480 g/mol. The van der Waals surface area contributed by atoms with Crippen LogP contribution < -0.4 is 10.0 Å². The van der Waals surface area contributed by atoms with Crippen LogP contribution in [0.5, 0.6) is 0 Å². The molecular weight excluding hydrogens is 458 g/mol. The van der Waals surface area contributed by atoms with Gasteiger partial charge in [0.2, 0.25) is 15.9 Å². The highest BCUT2D eigenvalue weighted by Gasteiger charge is 2.34. The number of hydrogen-bond acceptors (Lipinski definition) is 4. The topological polar surface area (TPSA) is 95.6 Å². The maximum Gasteiger partial charge on any atom is 0.254 e. The van der Waals surface area contributed by atoms with E-state index >= 15 is 0 Å². The number of amides is 2. The van der Waals surface area contributed by atoms with E-state index in [4.69, 9.17) is 0 Å². The Labute approximate surface area is 178 Å². The van der Waals surface area contributed by atoms with Gasteiger partial charge in [-0.2, -0.15) is 0 Å². The van der Waals surface area contributed by atoms with Crippen molar-refractivity contribution in [3.8, 4) is 0 Å². The summed E-state index contributed by atoms with van der Waals surface area (Å²) >= 11 is 3.35. The van der Waals surface area contributed by atoms with Crippen LogP contribution in [0, 0.1) is 0 Å². The summed E-state index contributed by atoms with van der Waals surface area (Å²) in [6.07, 6.45) is 1.36. The van der Waals surface area contributed by atoms with Crippen molar-refractivity contribution in [3.05, 3.63) is 64.1 Å². The summed E-state index contributed by atoms with van der Waals surface area (Å²) < 4.78 is 27.0. The Balaban J connectivity index is 1.66. The van der Waals surface area contributed by atoms with E-state index in [9.17, 15) is 18.0 Å². The fourth-order valence-corrected chi connectivity index (χ4v) is 4.35. The fraction of sp³-hybridized carbons (Fsp3) is 0.300. The van der Waals surface area contributed by atoms with Gasteiger partial charge < -0.3 is 10.2 Å². The molecule has 0 bridgehead atoms. The van der Waals surface area contributed by atoms with E-state index in [0.717, 1.165) is 10.9 Å². The average Bonchev–Trinajstić information content (AvgIpc) is 3.22. The van der Waals surface area contributed by atoms with E-state index in [0.29, 0.717) is 24.1 Å². The zero-order chi connectivity index (χ0) is 21.0. The highest BCUT2D eigenvalue weighted by molar-refractivity contribution is 9.10. The molecule has 1 aliphatic heterocycles. The Morgan fingerprint density at radius 1 is 1.17 bits per heavy atom. The van der Waals surface area contributed by atoms with E-state index < -0.39 is 16.1 Å². The largest absolute Gasteiger partial charge is 0.350 e. The monoisotopic (exact) mass is 479 g/mol. The molecule has 1 aliphatic rings. The third-order valence-corrected chi connectivity index (χ3v) is 6.79. The molecule has 1 saturated heterocycles. The van der Waals surface area contributed by atoms with Crippen molar-refractivity contribution in [2.24, 2.45) is 0 Å². The molecule has 2 amide bonds. The number of rotatable bonds is 6. The molecule has 1 atom stereocenters. The number of nitrogens with one attached hydrogen (secondary N) is 2. The molecular formula is C20H22BrN3O4S. The SMILES string of the molecule is CNS(=O)(=O)c1cccc(CNC(=O)C2CCCN2C(=O)c2ccc(Br)cc2)c1. The smallest absolute Gasteiger partial charge is 0.254 e. The van der Waals surface area contributed by atoms with E-state index in [-0.39, 0.29) is 23.3 Å². The number of hydrogen-bond donors (Lipinski definition) is 2. The highest BCUT2D eigenvalue weighted by atomic mass is 79.9. The summed E-state index contributed by atoms with van der Waals surface area (Å²) in [5, 5.41) is 2.83. The fourth-order valence-electron chi connectivity index (χ4n) is 3.29. The molecule has 0 radical (unpaired) electrons. The van der Waals surface area contributed by atoms with Crippen LogP contribution in [0.25, 0.3) is 0 Å². The number of carbonyl (C=O) groups excluding carboxylic acids is 2. The number of nitrogens with zero attached hydrogens (tertiary/aromatic N) is 1. The zero-order valence-electron chi connectivity index (χ0n) is 15.9. The van der Waals surface area contributed by atoms with Gasteiger partial charge in [0.05, 0.1) is 4.90 Å². The van der Waals surface area contributed by atoms with Crippen LogP contribution in [0.1, 0.15) is 28.8 Å². The maximum atomic E-state index is 12.8. The molecule has 1 fully saturated rings. The van der Waals surface area contributed by atoms with Gasteiger partial charge in [0.1, 0.15) is 6.04 Å². The second kappa shape index (κ2) is 9.06. The molecule has 0 saturated carbocycles. The molecule has 1 unspecified atom stereocenters. The van der Waals surface area contributed by atoms with Crippen molar-refractivity contribution in [1.82, 2.24) is 14.9 Å². The predicted octanol–water partition coefficient (Wildman–Crippen LogP) is 2.28. The minimum absolute atomic E-state index is 0.139. The van der Waals surface area contributed by atoms with E-state index in [1.165, 1.54) is 19.2 Å². The first kappa shape index (κ1) is 21.5. The normalized spacial score (nSPS) is 16.6. The van der Waals surface area contributed by atoms with Crippen molar-refractivity contribution in [2.45, 2.75) is 30.3 Å². The first-order chi connectivity index (χ1) is 13.8. The summed E-state index contributed by atoms with van der Waals surface area (Å²) in [5.74, 6) is -0.410. The minimum atomic E-state index is -3.55. The molecule has 2 aromatic carbocycles. The standard InChI is InChI=1S/C20H22BrN3O4S/c1-22-29(27,28)17-5-2-4-14(12-17)13-23-19(25)18-6-3-11-24(18)20(26)15-7-9-16(21)10-8-15/h2,4-5,7-10,12,18,22H,3,6,11,13H2,1H3,(H,23,25). The summed E-state index contributed by atoms with van der Waals surface area (Å²) in [7, 11) is -2.20. The lowest BCUT2D eigenvalue weighted by atomic mass is 10.1. The predicted molar refractivity (Wildman–Crippen MR) is 113 cm³/mol. The summed E-state index contributed by atoms with van der Waals surface area (Å²) in [6, 6.07) is 12.9. The third kappa shape index (κ3) is 5.04. The third-order valence-electron chi connectivity index (χ3n) is 4.85. The number of likely N-dealkylation sites (tertiary alicyclic amines) is 1. The molecule has 9 heteroatoms. The molecule has 2 N–H and O–H groups in total. The van der Waals surface area contributed by atoms with Gasteiger partial charge in [0.15, 0.2) is 0 Å². The second-order valence-electron chi connectivity index (χ2n) is 6.74.